The smallest absolute Gasteiger partial charge is 0.370 e. The van der Waals surface area contributed by atoms with Crippen LogP contribution in [0.25, 0.3) is 11.3 Å². The fraction of sp³-hybridized carbons (Fsp3) is 0.312. The Kier molecular flexibility index (Phi) is 4.21. The Bertz CT molecular complexity index is 628. The van der Waals surface area contributed by atoms with Gasteiger partial charge in [-0.2, -0.15) is 13.2 Å². The van der Waals surface area contributed by atoms with Gasteiger partial charge in [0.25, 0.3) is 0 Å². The lowest BCUT2D eigenvalue weighted by molar-refractivity contribution is -0.137. The van der Waals surface area contributed by atoms with Gasteiger partial charge in [-0.1, -0.05) is 17.2 Å². The van der Waals surface area contributed by atoms with Crippen LogP contribution in [-0.4, -0.2) is 11.5 Å². The van der Waals surface area contributed by atoms with Gasteiger partial charge < -0.3 is 5.32 Å². The van der Waals surface area contributed by atoms with E-state index in [2.05, 4.69) is 10.3 Å². The van der Waals surface area contributed by atoms with E-state index < -0.39 is 11.7 Å². The second-order valence-electron chi connectivity index (χ2n) is 5.03. The Morgan fingerprint density at radius 2 is 1.62 bits per heavy atom. The van der Waals surface area contributed by atoms with Crippen molar-refractivity contribution in [3.8, 4) is 11.3 Å². The van der Waals surface area contributed by atoms with Crippen molar-refractivity contribution in [1.82, 2.24) is 4.98 Å². The van der Waals surface area contributed by atoms with Gasteiger partial charge in [-0.25, -0.2) is 4.98 Å². The van der Waals surface area contributed by atoms with Crippen LogP contribution < -0.4 is 5.32 Å². The van der Waals surface area contributed by atoms with E-state index in [-0.39, 0.29) is 5.82 Å². The number of halogens is 3. The van der Waals surface area contributed by atoms with Crippen LogP contribution in [0.3, 0.4) is 0 Å². The van der Waals surface area contributed by atoms with E-state index in [0.29, 0.717) is 17.8 Å². The standard InChI is InChI=1S/C16H17F3N2/c1-4-20-15-9-13(16(17,18)19)8-14(21-15)12-6-10(2)5-11(3)7-12/h5-9H,4H2,1-3H3,(H,20,21). The molecule has 0 radical (unpaired) electrons. The number of pyridine rings is 1. The number of hydrogen-bond donors (Lipinski definition) is 1. The minimum absolute atomic E-state index is 0.237. The molecule has 0 aliphatic heterocycles. The van der Waals surface area contributed by atoms with Gasteiger partial charge in [0, 0.05) is 12.1 Å². The maximum Gasteiger partial charge on any atom is 0.416 e. The lowest BCUT2D eigenvalue weighted by Gasteiger charge is -2.13. The molecule has 1 N–H and O–H groups in total. The molecule has 1 aromatic carbocycles. The first-order valence-electron chi connectivity index (χ1n) is 6.71. The van der Waals surface area contributed by atoms with Crippen molar-refractivity contribution in [2.75, 3.05) is 11.9 Å². The molecule has 0 amide bonds. The third-order valence-corrected chi connectivity index (χ3v) is 3.03. The van der Waals surface area contributed by atoms with E-state index in [0.717, 1.165) is 23.3 Å². The van der Waals surface area contributed by atoms with Crippen LogP contribution in [0.5, 0.6) is 0 Å². The Labute approximate surface area is 122 Å². The van der Waals surface area contributed by atoms with Gasteiger partial charge >= 0.3 is 6.18 Å². The molecule has 0 unspecified atom stereocenters. The number of aryl methyl sites for hydroxylation is 2. The van der Waals surface area contributed by atoms with Crippen molar-refractivity contribution in [2.24, 2.45) is 0 Å². The van der Waals surface area contributed by atoms with E-state index >= 15 is 0 Å². The van der Waals surface area contributed by atoms with Crippen LogP contribution in [0, 0.1) is 13.8 Å². The highest BCUT2D eigenvalue weighted by Gasteiger charge is 2.31. The van der Waals surface area contributed by atoms with Gasteiger partial charge in [-0.05, 0) is 45.0 Å². The number of benzene rings is 1. The topological polar surface area (TPSA) is 24.9 Å². The first kappa shape index (κ1) is 15.4. The molecule has 21 heavy (non-hydrogen) atoms. The molecule has 0 spiro atoms. The molecule has 0 aliphatic rings. The number of hydrogen-bond acceptors (Lipinski definition) is 2. The largest absolute Gasteiger partial charge is 0.416 e. The Hall–Kier alpha value is -2.04. The number of rotatable bonds is 3. The average Bonchev–Trinajstić information content (AvgIpc) is 2.36. The van der Waals surface area contributed by atoms with Crippen molar-refractivity contribution >= 4 is 5.82 Å². The summed E-state index contributed by atoms with van der Waals surface area (Å²) >= 11 is 0. The fourth-order valence-corrected chi connectivity index (χ4v) is 2.24. The molecule has 112 valence electrons. The molecule has 0 fully saturated rings. The number of nitrogens with zero attached hydrogens (tertiary/aromatic N) is 1. The van der Waals surface area contributed by atoms with Crippen LogP contribution in [0.2, 0.25) is 0 Å². The first-order chi connectivity index (χ1) is 9.79. The van der Waals surface area contributed by atoms with Crippen molar-refractivity contribution in [2.45, 2.75) is 26.9 Å². The maximum atomic E-state index is 13.0. The molecule has 2 aromatic rings. The predicted octanol–water partition coefficient (Wildman–Crippen LogP) is 4.82. The molecule has 0 aliphatic carbocycles. The molecule has 1 heterocycles. The normalized spacial score (nSPS) is 11.5. The predicted molar refractivity (Wildman–Crippen MR) is 78.3 cm³/mol. The number of aromatic nitrogens is 1. The molecule has 5 heteroatoms. The number of anilines is 1. The quantitative estimate of drug-likeness (QED) is 0.878. The zero-order chi connectivity index (χ0) is 15.6. The zero-order valence-electron chi connectivity index (χ0n) is 12.2. The van der Waals surface area contributed by atoms with Crippen LogP contribution in [0.4, 0.5) is 19.0 Å². The Morgan fingerprint density at radius 3 is 2.14 bits per heavy atom. The molecule has 0 saturated heterocycles. The molecular weight excluding hydrogens is 277 g/mol. The fourth-order valence-electron chi connectivity index (χ4n) is 2.24. The molecule has 0 bridgehead atoms. The van der Waals surface area contributed by atoms with Gasteiger partial charge in [0.15, 0.2) is 0 Å². The van der Waals surface area contributed by atoms with E-state index in [1.54, 1.807) is 0 Å². The molecule has 2 rings (SSSR count). The average molecular weight is 294 g/mol. The Balaban J connectivity index is 2.59. The number of alkyl halides is 3. The summed E-state index contributed by atoms with van der Waals surface area (Å²) in [5.41, 5.74) is 2.32. The van der Waals surface area contributed by atoms with E-state index in [1.165, 1.54) is 0 Å². The van der Waals surface area contributed by atoms with Gasteiger partial charge in [0.1, 0.15) is 5.82 Å². The minimum Gasteiger partial charge on any atom is -0.370 e. The SMILES string of the molecule is CCNc1cc(C(F)(F)F)cc(-c2cc(C)cc(C)c2)n1. The lowest BCUT2D eigenvalue weighted by atomic mass is 10.0. The summed E-state index contributed by atoms with van der Waals surface area (Å²) in [6.07, 6.45) is -4.39. The monoisotopic (exact) mass is 294 g/mol. The lowest BCUT2D eigenvalue weighted by Crippen LogP contribution is -2.08. The Morgan fingerprint density at radius 1 is 1.00 bits per heavy atom. The molecule has 0 saturated carbocycles. The van der Waals surface area contributed by atoms with Crippen LogP contribution >= 0.6 is 0 Å². The van der Waals surface area contributed by atoms with Crippen molar-refractivity contribution in [3.05, 3.63) is 47.0 Å². The van der Waals surface area contributed by atoms with Crippen LogP contribution in [0.1, 0.15) is 23.6 Å². The third-order valence-electron chi connectivity index (χ3n) is 3.03. The highest BCUT2D eigenvalue weighted by Crippen LogP contribution is 2.33. The second-order valence-corrected chi connectivity index (χ2v) is 5.03. The minimum atomic E-state index is -4.39. The third kappa shape index (κ3) is 3.74. The van der Waals surface area contributed by atoms with Crippen LogP contribution in [0.15, 0.2) is 30.3 Å². The van der Waals surface area contributed by atoms with Crippen molar-refractivity contribution < 1.29 is 13.2 Å². The second kappa shape index (κ2) is 5.76. The van der Waals surface area contributed by atoms with E-state index in [1.807, 2.05) is 39.0 Å². The highest BCUT2D eigenvalue weighted by atomic mass is 19.4. The van der Waals surface area contributed by atoms with Gasteiger partial charge in [0.05, 0.1) is 11.3 Å². The summed E-state index contributed by atoms with van der Waals surface area (Å²) in [5.74, 6) is 0.237. The van der Waals surface area contributed by atoms with E-state index in [9.17, 15) is 13.2 Å². The molecule has 2 nitrogen and oxygen atoms in total. The zero-order valence-corrected chi connectivity index (χ0v) is 12.2. The van der Waals surface area contributed by atoms with Crippen molar-refractivity contribution in [1.29, 1.82) is 0 Å². The van der Waals surface area contributed by atoms with E-state index in [4.69, 9.17) is 0 Å². The molecular formula is C16H17F3N2. The summed E-state index contributed by atoms with van der Waals surface area (Å²) in [6, 6.07) is 7.78. The van der Waals surface area contributed by atoms with Gasteiger partial charge in [0.2, 0.25) is 0 Å². The summed E-state index contributed by atoms with van der Waals surface area (Å²) in [5, 5.41) is 2.85. The molecule has 0 atom stereocenters. The summed E-state index contributed by atoms with van der Waals surface area (Å²) in [6.45, 7) is 6.16. The molecule has 1 aromatic heterocycles. The summed E-state index contributed by atoms with van der Waals surface area (Å²) < 4.78 is 39.0. The maximum absolute atomic E-state index is 13.0. The summed E-state index contributed by atoms with van der Waals surface area (Å²) in [4.78, 5) is 4.28. The highest BCUT2D eigenvalue weighted by molar-refractivity contribution is 5.64. The number of nitrogens with one attached hydrogen (secondary N) is 1. The van der Waals surface area contributed by atoms with Crippen LogP contribution in [-0.2, 0) is 6.18 Å². The first-order valence-corrected chi connectivity index (χ1v) is 6.71. The van der Waals surface area contributed by atoms with Crippen molar-refractivity contribution in [3.63, 3.8) is 0 Å². The van der Waals surface area contributed by atoms with Gasteiger partial charge in [-0.15, -0.1) is 0 Å². The van der Waals surface area contributed by atoms with Gasteiger partial charge in [-0.3, -0.25) is 0 Å². The summed E-state index contributed by atoms with van der Waals surface area (Å²) in [7, 11) is 0.